The van der Waals surface area contributed by atoms with Gasteiger partial charge in [0.25, 0.3) is 11.5 Å². The number of H-pyrrole nitrogens is 1. The zero-order valence-electron chi connectivity index (χ0n) is 11.1. The van der Waals surface area contributed by atoms with E-state index in [1.807, 2.05) is 4.98 Å². The molecule has 2 aromatic rings. The summed E-state index contributed by atoms with van der Waals surface area (Å²) < 4.78 is 26.9. The fraction of sp³-hybridized carbons (Fsp3) is 0.143. The average molecular weight is 364 g/mol. The standard InChI is InChI=1S/C14H9Cl2F2NO2S/c1-14(17,18)11-5-10(7(6-20)13(21)19-11)22-12-8(15)3-2-4-9(12)16/h2-6H,1H3,(H,19,21). The van der Waals surface area contributed by atoms with E-state index in [0.717, 1.165) is 17.8 Å². The summed E-state index contributed by atoms with van der Waals surface area (Å²) in [6.45, 7) is 0.649. The number of alkyl halides is 2. The molecule has 0 atom stereocenters. The highest BCUT2D eigenvalue weighted by molar-refractivity contribution is 7.99. The Bertz CT molecular complexity index is 767. The van der Waals surface area contributed by atoms with Gasteiger partial charge < -0.3 is 4.98 Å². The number of hydrogen-bond acceptors (Lipinski definition) is 3. The molecule has 0 spiro atoms. The lowest BCUT2D eigenvalue weighted by atomic mass is 10.2. The normalized spacial score (nSPS) is 11.5. The first-order chi connectivity index (χ1) is 10.2. The minimum absolute atomic E-state index is 0.0604. The molecule has 1 aromatic heterocycles. The molecule has 3 nitrogen and oxygen atoms in total. The molecule has 0 radical (unpaired) electrons. The molecule has 0 saturated carbocycles. The van der Waals surface area contributed by atoms with E-state index >= 15 is 0 Å². The van der Waals surface area contributed by atoms with Crippen molar-refractivity contribution < 1.29 is 13.6 Å². The fourth-order valence-electron chi connectivity index (χ4n) is 1.67. The number of hydrogen-bond donors (Lipinski definition) is 1. The van der Waals surface area contributed by atoms with Crippen LogP contribution in [0.15, 0.2) is 38.9 Å². The number of aromatic amines is 1. The van der Waals surface area contributed by atoms with Crippen molar-refractivity contribution in [3.8, 4) is 0 Å². The zero-order valence-corrected chi connectivity index (χ0v) is 13.5. The van der Waals surface area contributed by atoms with Gasteiger partial charge in [-0.25, -0.2) is 8.78 Å². The topological polar surface area (TPSA) is 49.9 Å². The predicted molar refractivity (Wildman–Crippen MR) is 82.6 cm³/mol. The van der Waals surface area contributed by atoms with Crippen LogP contribution >= 0.6 is 35.0 Å². The van der Waals surface area contributed by atoms with Crippen LogP contribution in [0.2, 0.25) is 10.0 Å². The van der Waals surface area contributed by atoms with Crippen molar-refractivity contribution in [3.05, 3.63) is 55.9 Å². The summed E-state index contributed by atoms with van der Waals surface area (Å²) in [6.07, 6.45) is 0.309. The van der Waals surface area contributed by atoms with Gasteiger partial charge in [0.05, 0.1) is 21.3 Å². The fourth-order valence-corrected chi connectivity index (χ4v) is 3.28. The molecule has 1 aromatic carbocycles. The summed E-state index contributed by atoms with van der Waals surface area (Å²) in [5, 5.41) is 0.582. The Labute approximate surface area is 138 Å². The van der Waals surface area contributed by atoms with Crippen LogP contribution in [-0.2, 0) is 5.92 Å². The molecule has 0 aliphatic heterocycles. The van der Waals surface area contributed by atoms with Gasteiger partial charge in [-0.15, -0.1) is 0 Å². The molecule has 116 valence electrons. The molecule has 0 unspecified atom stereocenters. The monoisotopic (exact) mass is 363 g/mol. The molecule has 0 fully saturated rings. The van der Waals surface area contributed by atoms with Crippen molar-refractivity contribution >= 4 is 41.2 Å². The summed E-state index contributed by atoms with van der Waals surface area (Å²) in [5.41, 5.74) is -1.73. The highest BCUT2D eigenvalue weighted by atomic mass is 35.5. The summed E-state index contributed by atoms with van der Waals surface area (Å²) in [7, 11) is 0. The van der Waals surface area contributed by atoms with Gasteiger partial charge in [-0.2, -0.15) is 0 Å². The second-order valence-electron chi connectivity index (χ2n) is 4.45. The number of aldehydes is 1. The third-order valence-electron chi connectivity index (χ3n) is 2.76. The summed E-state index contributed by atoms with van der Waals surface area (Å²) >= 11 is 12.9. The Hall–Kier alpha value is -1.37. The van der Waals surface area contributed by atoms with E-state index in [9.17, 15) is 18.4 Å². The predicted octanol–water partition coefficient (Wildman–Crippen LogP) is 4.76. The SMILES string of the molecule is CC(F)(F)c1cc(Sc2c(Cl)cccc2Cl)c(C=O)c(=O)[nH]1. The summed E-state index contributed by atoms with van der Waals surface area (Å²) in [5.74, 6) is -3.25. The molecule has 2 rings (SSSR count). The number of nitrogens with one attached hydrogen (secondary N) is 1. The maximum Gasteiger partial charge on any atom is 0.284 e. The number of aromatic nitrogens is 1. The first-order valence-corrected chi connectivity index (χ1v) is 7.54. The number of benzene rings is 1. The Kier molecular flexibility index (Phi) is 4.94. The molecule has 0 aliphatic rings. The van der Waals surface area contributed by atoms with Crippen LogP contribution in [0, 0.1) is 0 Å². The van der Waals surface area contributed by atoms with Gasteiger partial charge in [0.1, 0.15) is 0 Å². The molecule has 0 amide bonds. The van der Waals surface area contributed by atoms with Crippen molar-refractivity contribution in [3.63, 3.8) is 0 Å². The molecule has 1 N–H and O–H groups in total. The molecular weight excluding hydrogens is 355 g/mol. The van der Waals surface area contributed by atoms with Crippen molar-refractivity contribution in [2.45, 2.75) is 22.6 Å². The van der Waals surface area contributed by atoms with E-state index in [0.29, 0.717) is 28.2 Å². The molecule has 0 saturated heterocycles. The van der Waals surface area contributed by atoms with Crippen LogP contribution in [0.1, 0.15) is 23.0 Å². The van der Waals surface area contributed by atoms with Crippen LogP contribution in [-0.4, -0.2) is 11.3 Å². The van der Waals surface area contributed by atoms with Gasteiger partial charge in [-0.1, -0.05) is 41.0 Å². The second-order valence-corrected chi connectivity index (χ2v) is 6.32. The van der Waals surface area contributed by atoms with Crippen LogP contribution in [0.3, 0.4) is 0 Å². The lowest BCUT2D eigenvalue weighted by molar-refractivity contribution is 0.0122. The zero-order chi connectivity index (χ0) is 16.5. The van der Waals surface area contributed by atoms with Crippen molar-refractivity contribution in [1.82, 2.24) is 4.98 Å². The molecular formula is C14H9Cl2F2NO2S. The smallest absolute Gasteiger partial charge is 0.284 e. The minimum atomic E-state index is -3.25. The van der Waals surface area contributed by atoms with Crippen molar-refractivity contribution in [2.24, 2.45) is 0 Å². The Morgan fingerprint density at radius 3 is 2.36 bits per heavy atom. The maximum atomic E-state index is 13.4. The van der Waals surface area contributed by atoms with Gasteiger partial charge in [0.15, 0.2) is 6.29 Å². The third kappa shape index (κ3) is 3.51. The molecule has 8 heteroatoms. The Balaban J connectivity index is 2.61. The maximum absolute atomic E-state index is 13.4. The van der Waals surface area contributed by atoms with E-state index in [1.165, 1.54) is 0 Å². The second kappa shape index (κ2) is 6.40. The highest BCUT2D eigenvalue weighted by Crippen LogP contribution is 2.40. The van der Waals surface area contributed by atoms with Crippen molar-refractivity contribution in [2.75, 3.05) is 0 Å². The van der Waals surface area contributed by atoms with E-state index in [-0.39, 0.29) is 10.5 Å². The van der Waals surface area contributed by atoms with Crippen LogP contribution in [0.5, 0.6) is 0 Å². The lowest BCUT2D eigenvalue weighted by Gasteiger charge is -2.13. The number of halogens is 4. The van der Waals surface area contributed by atoms with E-state index in [4.69, 9.17) is 23.2 Å². The van der Waals surface area contributed by atoms with Gasteiger partial charge >= 0.3 is 0 Å². The average Bonchev–Trinajstić information content (AvgIpc) is 2.41. The summed E-state index contributed by atoms with van der Waals surface area (Å²) in [6, 6.07) is 5.81. The van der Waals surface area contributed by atoms with E-state index < -0.39 is 17.2 Å². The van der Waals surface area contributed by atoms with Crippen LogP contribution in [0.4, 0.5) is 8.78 Å². The molecule has 1 heterocycles. The van der Waals surface area contributed by atoms with Crippen molar-refractivity contribution in [1.29, 1.82) is 0 Å². The summed E-state index contributed by atoms with van der Waals surface area (Å²) in [4.78, 5) is 25.3. The Morgan fingerprint density at radius 2 is 1.86 bits per heavy atom. The number of rotatable bonds is 4. The van der Waals surface area contributed by atoms with Gasteiger partial charge in [0.2, 0.25) is 0 Å². The molecule has 0 bridgehead atoms. The largest absolute Gasteiger partial charge is 0.320 e. The molecule has 22 heavy (non-hydrogen) atoms. The third-order valence-corrected chi connectivity index (χ3v) is 4.81. The van der Waals surface area contributed by atoms with E-state index in [1.54, 1.807) is 18.2 Å². The van der Waals surface area contributed by atoms with Crippen LogP contribution in [0.25, 0.3) is 0 Å². The van der Waals surface area contributed by atoms with Gasteiger partial charge in [0, 0.05) is 16.7 Å². The lowest BCUT2D eigenvalue weighted by Crippen LogP contribution is -2.21. The first-order valence-electron chi connectivity index (χ1n) is 5.96. The number of carbonyl (C=O) groups excluding carboxylic acids is 1. The Morgan fingerprint density at radius 1 is 1.27 bits per heavy atom. The highest BCUT2D eigenvalue weighted by Gasteiger charge is 2.27. The quantitative estimate of drug-likeness (QED) is 0.796. The number of carbonyl (C=O) groups is 1. The van der Waals surface area contributed by atoms with Crippen LogP contribution < -0.4 is 5.56 Å². The van der Waals surface area contributed by atoms with E-state index in [2.05, 4.69) is 0 Å². The minimum Gasteiger partial charge on any atom is -0.320 e. The first kappa shape index (κ1) is 17.0. The molecule has 0 aliphatic carbocycles. The van der Waals surface area contributed by atoms with Gasteiger partial charge in [-0.3, -0.25) is 9.59 Å². The number of pyridine rings is 1. The van der Waals surface area contributed by atoms with Gasteiger partial charge in [-0.05, 0) is 18.2 Å².